The molecular formula is C24H40O6. The number of aliphatic hydroxyl groups is 2. The zero-order valence-electron chi connectivity index (χ0n) is 18.4. The number of aliphatic hydroxyl groups excluding tert-OH is 2. The van der Waals surface area contributed by atoms with Crippen LogP contribution < -0.4 is 0 Å². The van der Waals surface area contributed by atoms with Gasteiger partial charge >= 0.3 is 5.97 Å². The van der Waals surface area contributed by atoms with Crippen molar-refractivity contribution < 1.29 is 29.6 Å². The number of carboxylic acids is 1. The molecule has 0 spiro atoms. The van der Waals surface area contributed by atoms with Crippen LogP contribution in [0.1, 0.15) is 77.6 Å². The van der Waals surface area contributed by atoms with Gasteiger partial charge in [0.15, 0.2) is 5.79 Å². The molecule has 1 saturated heterocycles. The van der Waals surface area contributed by atoms with Crippen LogP contribution in [0.25, 0.3) is 0 Å². The van der Waals surface area contributed by atoms with Crippen LogP contribution in [0.3, 0.4) is 0 Å². The molecule has 2 aliphatic rings. The molecule has 1 aliphatic heterocycles. The largest absolute Gasteiger partial charge is 0.481 e. The minimum absolute atomic E-state index is 0.0602. The molecule has 1 saturated carbocycles. The lowest BCUT2D eigenvalue weighted by molar-refractivity contribution is -0.137. The number of ether oxygens (including phenoxy) is 2. The lowest BCUT2D eigenvalue weighted by Gasteiger charge is -2.26. The van der Waals surface area contributed by atoms with Gasteiger partial charge in [-0.05, 0) is 37.7 Å². The lowest BCUT2D eigenvalue weighted by atomic mass is 9.89. The van der Waals surface area contributed by atoms with Crippen molar-refractivity contribution >= 4 is 5.97 Å². The number of rotatable bonds is 14. The van der Waals surface area contributed by atoms with Crippen LogP contribution >= 0.6 is 0 Å². The molecule has 1 aliphatic carbocycles. The summed E-state index contributed by atoms with van der Waals surface area (Å²) in [7, 11) is 0. The quantitative estimate of drug-likeness (QED) is 0.286. The Bertz CT molecular complexity index is 552. The van der Waals surface area contributed by atoms with Crippen LogP contribution in [0.15, 0.2) is 24.3 Å². The van der Waals surface area contributed by atoms with E-state index >= 15 is 0 Å². The Morgan fingerprint density at radius 3 is 2.47 bits per heavy atom. The number of unbranched alkanes of at least 4 members (excludes halogenated alkanes) is 5. The average molecular weight is 425 g/mol. The van der Waals surface area contributed by atoms with Gasteiger partial charge in [0.05, 0.1) is 25.4 Å². The van der Waals surface area contributed by atoms with Crippen molar-refractivity contribution in [1.29, 1.82) is 0 Å². The predicted octanol–water partition coefficient (Wildman–Crippen LogP) is 4.21. The van der Waals surface area contributed by atoms with Crippen LogP contribution in [0.2, 0.25) is 0 Å². The Morgan fingerprint density at radius 1 is 1.03 bits per heavy atom. The number of allylic oxidation sites excluding steroid dienone is 2. The van der Waals surface area contributed by atoms with E-state index in [4.69, 9.17) is 14.6 Å². The molecule has 0 unspecified atom stereocenters. The normalized spacial score (nSPS) is 28.8. The van der Waals surface area contributed by atoms with Crippen molar-refractivity contribution in [2.24, 2.45) is 11.8 Å². The molecule has 30 heavy (non-hydrogen) atoms. The molecule has 6 nitrogen and oxygen atoms in total. The molecule has 4 atom stereocenters. The number of aliphatic carboxylic acids is 1. The summed E-state index contributed by atoms with van der Waals surface area (Å²) in [5, 5.41) is 29.6. The van der Waals surface area contributed by atoms with Crippen molar-refractivity contribution in [3.63, 3.8) is 0 Å². The van der Waals surface area contributed by atoms with Gasteiger partial charge in [0.25, 0.3) is 0 Å². The molecule has 3 N–H and O–H groups in total. The van der Waals surface area contributed by atoms with Crippen molar-refractivity contribution in [3.8, 4) is 0 Å². The first-order valence-corrected chi connectivity index (χ1v) is 11.7. The molecule has 2 fully saturated rings. The fourth-order valence-electron chi connectivity index (χ4n) is 4.48. The van der Waals surface area contributed by atoms with E-state index in [9.17, 15) is 15.0 Å². The zero-order chi connectivity index (χ0) is 21.8. The molecule has 0 radical (unpaired) electrons. The fraction of sp³-hybridized carbons (Fsp3) is 0.792. The lowest BCUT2D eigenvalue weighted by Crippen LogP contribution is -2.28. The topological polar surface area (TPSA) is 96.2 Å². The van der Waals surface area contributed by atoms with Crippen LogP contribution in [-0.4, -0.2) is 52.5 Å². The van der Waals surface area contributed by atoms with E-state index in [0.29, 0.717) is 38.9 Å². The van der Waals surface area contributed by atoms with Crippen molar-refractivity contribution in [1.82, 2.24) is 0 Å². The van der Waals surface area contributed by atoms with Crippen LogP contribution in [0, 0.1) is 11.8 Å². The third-order valence-electron chi connectivity index (χ3n) is 6.23. The summed E-state index contributed by atoms with van der Waals surface area (Å²) in [4.78, 5) is 10.6. The smallest absolute Gasteiger partial charge is 0.303 e. The van der Waals surface area contributed by atoms with Gasteiger partial charge in [-0.3, -0.25) is 4.79 Å². The third kappa shape index (κ3) is 8.14. The van der Waals surface area contributed by atoms with E-state index in [-0.39, 0.29) is 18.3 Å². The molecule has 0 aromatic rings. The maximum atomic E-state index is 10.6. The second-order valence-electron chi connectivity index (χ2n) is 8.64. The number of carboxylic acid groups (broad SMARTS) is 1. The number of hydrogen-bond acceptors (Lipinski definition) is 5. The predicted molar refractivity (Wildman–Crippen MR) is 116 cm³/mol. The first-order valence-electron chi connectivity index (χ1n) is 11.7. The molecule has 6 heteroatoms. The van der Waals surface area contributed by atoms with E-state index in [2.05, 4.69) is 6.92 Å². The summed E-state index contributed by atoms with van der Waals surface area (Å²) in [6.45, 7) is 3.37. The van der Waals surface area contributed by atoms with Crippen molar-refractivity contribution in [2.45, 2.75) is 95.5 Å². The number of carbonyl (C=O) groups is 1. The minimum Gasteiger partial charge on any atom is -0.481 e. The van der Waals surface area contributed by atoms with Crippen LogP contribution in [-0.2, 0) is 14.3 Å². The molecule has 1 heterocycles. The average Bonchev–Trinajstić information content (AvgIpc) is 3.27. The van der Waals surface area contributed by atoms with Crippen LogP contribution in [0.4, 0.5) is 0 Å². The summed E-state index contributed by atoms with van der Waals surface area (Å²) in [5.74, 6) is -1.68. The van der Waals surface area contributed by atoms with Gasteiger partial charge in [-0.25, -0.2) is 0 Å². The standard InChI is InChI=1S/C24H40O6/c1-2-3-4-7-10-14-24(29-16-17-30-24)15-13-20-19(21(25)18-22(20)26)11-8-5-6-9-12-23(27)28/h5,8,13,15,19-22,25-26H,2-4,6-7,9-12,14,16-18H2,1H3,(H,27,28)/b8-5-,15-13+/t19-,20-,21-,22-/m1/s1. The molecule has 0 bridgehead atoms. The Labute approximate surface area is 181 Å². The SMILES string of the molecule is CCCCCCCC1(/C=C/[C@@H]2[C@@H](C/C=C\CCCC(=O)O)[C@H](O)C[C@H]2O)OCCO1. The molecule has 0 aromatic carbocycles. The Kier molecular flexibility index (Phi) is 11.1. The Balaban J connectivity index is 1.90. The summed E-state index contributed by atoms with van der Waals surface area (Å²) in [5.41, 5.74) is 0. The molecule has 2 rings (SSSR count). The summed E-state index contributed by atoms with van der Waals surface area (Å²) in [6.07, 6.45) is 16.0. The van der Waals surface area contributed by atoms with Gasteiger partial charge in [-0.1, -0.05) is 50.8 Å². The number of hydrogen-bond donors (Lipinski definition) is 3. The van der Waals surface area contributed by atoms with Gasteiger partial charge in [0, 0.05) is 25.2 Å². The van der Waals surface area contributed by atoms with E-state index < -0.39 is 24.0 Å². The van der Waals surface area contributed by atoms with E-state index in [1.807, 2.05) is 24.3 Å². The third-order valence-corrected chi connectivity index (χ3v) is 6.23. The molecular weight excluding hydrogens is 384 g/mol. The van der Waals surface area contributed by atoms with E-state index in [1.165, 1.54) is 19.3 Å². The summed E-state index contributed by atoms with van der Waals surface area (Å²) >= 11 is 0. The fourth-order valence-corrected chi connectivity index (χ4v) is 4.48. The second kappa shape index (κ2) is 13.3. The maximum absolute atomic E-state index is 10.6. The first-order chi connectivity index (χ1) is 14.5. The molecule has 0 amide bonds. The van der Waals surface area contributed by atoms with E-state index in [1.54, 1.807) is 0 Å². The highest BCUT2D eigenvalue weighted by Crippen LogP contribution is 2.38. The molecule has 0 aromatic heterocycles. The monoisotopic (exact) mass is 424 g/mol. The highest BCUT2D eigenvalue weighted by Gasteiger charge is 2.41. The van der Waals surface area contributed by atoms with E-state index in [0.717, 1.165) is 19.3 Å². The summed E-state index contributed by atoms with van der Waals surface area (Å²) < 4.78 is 11.9. The Hall–Kier alpha value is -1.21. The highest BCUT2D eigenvalue weighted by molar-refractivity contribution is 5.66. The van der Waals surface area contributed by atoms with Gasteiger partial charge < -0.3 is 24.8 Å². The Morgan fingerprint density at radius 2 is 1.77 bits per heavy atom. The van der Waals surface area contributed by atoms with Gasteiger partial charge in [0.2, 0.25) is 0 Å². The first kappa shape index (κ1) is 25.1. The highest BCUT2D eigenvalue weighted by atomic mass is 16.7. The van der Waals surface area contributed by atoms with Crippen molar-refractivity contribution in [3.05, 3.63) is 24.3 Å². The van der Waals surface area contributed by atoms with Gasteiger partial charge in [-0.2, -0.15) is 0 Å². The zero-order valence-corrected chi connectivity index (χ0v) is 18.4. The maximum Gasteiger partial charge on any atom is 0.303 e. The van der Waals surface area contributed by atoms with Crippen LogP contribution in [0.5, 0.6) is 0 Å². The summed E-state index contributed by atoms with van der Waals surface area (Å²) in [6, 6.07) is 0. The minimum atomic E-state index is -0.779. The second-order valence-corrected chi connectivity index (χ2v) is 8.64. The van der Waals surface area contributed by atoms with Gasteiger partial charge in [0.1, 0.15) is 0 Å². The van der Waals surface area contributed by atoms with Gasteiger partial charge in [-0.15, -0.1) is 0 Å². The molecule has 172 valence electrons. The van der Waals surface area contributed by atoms with Crippen molar-refractivity contribution in [2.75, 3.05) is 13.2 Å².